The number of carbonyl (C=O) groups excluding carboxylic acids is 1. The summed E-state index contributed by atoms with van der Waals surface area (Å²) >= 11 is 0. The molecule has 1 aromatic carbocycles. The van der Waals surface area contributed by atoms with Gasteiger partial charge in [0.05, 0.1) is 12.1 Å². The highest BCUT2D eigenvalue weighted by Gasteiger charge is 2.17. The molecule has 0 saturated heterocycles. The van der Waals surface area contributed by atoms with E-state index in [1.165, 1.54) is 0 Å². The molecule has 1 amide bonds. The van der Waals surface area contributed by atoms with E-state index < -0.39 is 24.0 Å². The second-order valence-electron chi connectivity index (χ2n) is 3.82. The van der Waals surface area contributed by atoms with Crippen LogP contribution in [-0.2, 0) is 9.59 Å². The summed E-state index contributed by atoms with van der Waals surface area (Å²) in [7, 11) is 0. The second-order valence-corrected chi connectivity index (χ2v) is 3.82. The predicted octanol–water partition coefficient (Wildman–Crippen LogP) is 0.865. The first-order valence-electron chi connectivity index (χ1n) is 5.45. The third kappa shape index (κ3) is 4.39. The van der Waals surface area contributed by atoms with Gasteiger partial charge in [0.2, 0.25) is 5.91 Å². The first-order valence-corrected chi connectivity index (χ1v) is 5.45. The second kappa shape index (κ2) is 6.56. The maximum Gasteiger partial charge on any atom is 0.328 e. The highest BCUT2D eigenvalue weighted by molar-refractivity contribution is 5.94. The quantitative estimate of drug-likeness (QED) is 0.676. The lowest BCUT2D eigenvalue weighted by atomic mass is 10.0. The maximum atomic E-state index is 11.3. The van der Waals surface area contributed by atoms with Crippen LogP contribution in [0.2, 0.25) is 0 Å². The Morgan fingerprint density at radius 2 is 1.83 bits per heavy atom. The number of aliphatic hydroxyl groups excluding tert-OH is 1. The van der Waals surface area contributed by atoms with E-state index in [-0.39, 0.29) is 0 Å². The molecule has 2 unspecified atom stereocenters. The normalized spacial score (nSPS) is 14.1. The molecule has 2 atom stereocenters. The molecular formula is C13H15NO4. The van der Waals surface area contributed by atoms with Crippen LogP contribution in [0, 0.1) is 0 Å². The van der Waals surface area contributed by atoms with E-state index in [1.807, 2.05) is 6.07 Å². The van der Waals surface area contributed by atoms with E-state index in [1.54, 1.807) is 31.2 Å². The number of carboxylic acids is 1. The van der Waals surface area contributed by atoms with Crippen molar-refractivity contribution >= 4 is 11.9 Å². The van der Waals surface area contributed by atoms with Gasteiger partial charge in [0, 0.05) is 12.2 Å². The Hall–Kier alpha value is -2.14. The van der Waals surface area contributed by atoms with Crippen LogP contribution < -0.4 is 5.32 Å². The Kier molecular flexibility index (Phi) is 5.07. The van der Waals surface area contributed by atoms with Crippen LogP contribution in [0.5, 0.6) is 0 Å². The van der Waals surface area contributed by atoms with Gasteiger partial charge in [-0.15, -0.1) is 0 Å². The number of benzene rings is 1. The summed E-state index contributed by atoms with van der Waals surface area (Å²) in [6.45, 7) is 1.64. The molecule has 0 saturated carbocycles. The molecule has 0 heterocycles. The number of carbonyl (C=O) groups is 2. The molecule has 0 aliphatic rings. The van der Waals surface area contributed by atoms with E-state index in [0.29, 0.717) is 5.56 Å². The van der Waals surface area contributed by atoms with Crippen molar-refractivity contribution in [1.82, 2.24) is 5.32 Å². The Balaban J connectivity index is 2.58. The van der Waals surface area contributed by atoms with Crippen molar-refractivity contribution in [3.63, 3.8) is 0 Å². The number of carboxylic acid groups (broad SMARTS) is 1. The van der Waals surface area contributed by atoms with Gasteiger partial charge in [0.15, 0.2) is 0 Å². The molecule has 18 heavy (non-hydrogen) atoms. The van der Waals surface area contributed by atoms with Gasteiger partial charge in [-0.3, -0.25) is 4.79 Å². The molecule has 0 aliphatic carbocycles. The summed E-state index contributed by atoms with van der Waals surface area (Å²) in [5, 5.41) is 20.8. The van der Waals surface area contributed by atoms with Crippen LogP contribution in [0.4, 0.5) is 0 Å². The minimum absolute atomic E-state index is 0.515. The molecule has 1 aromatic rings. The smallest absolute Gasteiger partial charge is 0.328 e. The maximum absolute atomic E-state index is 11.3. The third-order valence-corrected chi connectivity index (χ3v) is 2.36. The molecule has 5 nitrogen and oxygen atoms in total. The van der Waals surface area contributed by atoms with Crippen LogP contribution in [0.1, 0.15) is 18.6 Å². The third-order valence-electron chi connectivity index (χ3n) is 2.36. The van der Waals surface area contributed by atoms with Gasteiger partial charge in [-0.1, -0.05) is 30.3 Å². The Morgan fingerprint density at radius 1 is 1.22 bits per heavy atom. The monoisotopic (exact) mass is 249 g/mol. The summed E-state index contributed by atoms with van der Waals surface area (Å²) in [6, 6.07) is 8.39. The SMILES string of the molecule is CC(NC(=O)/C=C/C(=O)O)C(O)c1ccccc1. The molecule has 0 bridgehead atoms. The molecule has 96 valence electrons. The number of aliphatic carboxylic acids is 1. The Bertz CT molecular complexity index is 442. The van der Waals surface area contributed by atoms with Gasteiger partial charge in [-0.25, -0.2) is 4.79 Å². The van der Waals surface area contributed by atoms with Gasteiger partial charge < -0.3 is 15.5 Å². The largest absolute Gasteiger partial charge is 0.478 e. The van der Waals surface area contributed by atoms with E-state index in [0.717, 1.165) is 12.2 Å². The fourth-order valence-electron chi connectivity index (χ4n) is 1.44. The van der Waals surface area contributed by atoms with Crippen LogP contribution in [0.25, 0.3) is 0 Å². The molecule has 3 N–H and O–H groups in total. The number of hydrogen-bond donors (Lipinski definition) is 3. The first-order chi connectivity index (χ1) is 8.50. The van der Waals surface area contributed by atoms with Crippen molar-refractivity contribution < 1.29 is 19.8 Å². The van der Waals surface area contributed by atoms with Crippen molar-refractivity contribution in [2.24, 2.45) is 0 Å². The predicted molar refractivity (Wildman–Crippen MR) is 65.8 cm³/mol. The average molecular weight is 249 g/mol. The molecule has 0 radical (unpaired) electrons. The molecule has 0 fully saturated rings. The minimum atomic E-state index is -1.19. The van der Waals surface area contributed by atoms with Crippen LogP contribution in [0.15, 0.2) is 42.5 Å². The van der Waals surface area contributed by atoms with Crippen molar-refractivity contribution in [2.45, 2.75) is 19.1 Å². The molecule has 5 heteroatoms. The lowest BCUT2D eigenvalue weighted by Gasteiger charge is -2.19. The molecule has 0 aliphatic heterocycles. The zero-order valence-electron chi connectivity index (χ0n) is 9.91. The fourth-order valence-corrected chi connectivity index (χ4v) is 1.44. The van der Waals surface area contributed by atoms with Crippen LogP contribution >= 0.6 is 0 Å². The fraction of sp³-hybridized carbons (Fsp3) is 0.231. The summed E-state index contributed by atoms with van der Waals surface area (Å²) in [4.78, 5) is 21.6. The van der Waals surface area contributed by atoms with Crippen molar-refractivity contribution in [3.05, 3.63) is 48.0 Å². The number of aliphatic hydroxyl groups is 1. The molecule has 1 rings (SSSR count). The van der Waals surface area contributed by atoms with E-state index in [2.05, 4.69) is 5.32 Å². The zero-order valence-corrected chi connectivity index (χ0v) is 9.91. The van der Waals surface area contributed by atoms with Crippen molar-refractivity contribution in [2.75, 3.05) is 0 Å². The standard InChI is InChI=1S/C13H15NO4/c1-9(14-11(15)7-8-12(16)17)13(18)10-5-3-2-4-6-10/h2-9,13,18H,1H3,(H,14,15)(H,16,17)/b8-7+. The van der Waals surface area contributed by atoms with E-state index in [4.69, 9.17) is 5.11 Å². The van der Waals surface area contributed by atoms with Gasteiger partial charge in [0.25, 0.3) is 0 Å². The molecule has 0 aromatic heterocycles. The molecular weight excluding hydrogens is 234 g/mol. The topological polar surface area (TPSA) is 86.6 Å². The number of rotatable bonds is 5. The first kappa shape index (κ1) is 13.9. The Morgan fingerprint density at radius 3 is 2.39 bits per heavy atom. The number of hydrogen-bond acceptors (Lipinski definition) is 3. The summed E-state index contributed by atoms with van der Waals surface area (Å²) in [5.41, 5.74) is 0.688. The number of amides is 1. The minimum Gasteiger partial charge on any atom is -0.478 e. The van der Waals surface area contributed by atoms with E-state index >= 15 is 0 Å². The highest BCUT2D eigenvalue weighted by atomic mass is 16.4. The highest BCUT2D eigenvalue weighted by Crippen LogP contribution is 2.15. The average Bonchev–Trinajstić information content (AvgIpc) is 2.36. The van der Waals surface area contributed by atoms with Crippen LogP contribution in [-0.4, -0.2) is 28.1 Å². The summed E-state index contributed by atoms with van der Waals surface area (Å²) in [6.07, 6.45) is 0.821. The molecule has 0 spiro atoms. The van der Waals surface area contributed by atoms with Gasteiger partial charge >= 0.3 is 5.97 Å². The van der Waals surface area contributed by atoms with Crippen LogP contribution in [0.3, 0.4) is 0 Å². The van der Waals surface area contributed by atoms with Gasteiger partial charge in [0.1, 0.15) is 0 Å². The Labute approximate surface area is 105 Å². The van der Waals surface area contributed by atoms with Crippen molar-refractivity contribution in [3.8, 4) is 0 Å². The van der Waals surface area contributed by atoms with Gasteiger partial charge in [-0.05, 0) is 12.5 Å². The summed E-state index contributed by atoms with van der Waals surface area (Å²) in [5.74, 6) is -1.75. The lowest BCUT2D eigenvalue weighted by Crippen LogP contribution is -2.36. The van der Waals surface area contributed by atoms with Crippen molar-refractivity contribution in [1.29, 1.82) is 0 Å². The number of nitrogens with one attached hydrogen (secondary N) is 1. The van der Waals surface area contributed by atoms with Gasteiger partial charge in [-0.2, -0.15) is 0 Å². The lowest BCUT2D eigenvalue weighted by molar-refractivity contribution is -0.131. The summed E-state index contributed by atoms with van der Waals surface area (Å²) < 4.78 is 0. The van der Waals surface area contributed by atoms with E-state index in [9.17, 15) is 14.7 Å². The zero-order chi connectivity index (χ0) is 13.5.